The van der Waals surface area contributed by atoms with E-state index in [-0.39, 0.29) is 52.6 Å². The van der Waals surface area contributed by atoms with Gasteiger partial charge in [0.15, 0.2) is 22.3 Å². The lowest BCUT2D eigenvalue weighted by atomic mass is 9.91. The van der Waals surface area contributed by atoms with Crippen LogP contribution in [0.5, 0.6) is 0 Å². The van der Waals surface area contributed by atoms with Gasteiger partial charge in [-0.05, 0) is 195 Å². The summed E-state index contributed by atoms with van der Waals surface area (Å²) in [5.41, 5.74) is 15.4. The standard InChI is InChI=1S/C27H23N2O5PS.C26H27N2O5PS.C25H17Cl2N2O5PS.C25H18ClN2O5PS/c1-16-6-11-24(17(2)13-16)35(32,33-3)29-21-15-25(36-26(21)27(30)31)19-9-7-18(8-10-19)23-14-20-22(34-23)5-4-12-28-20;1-16-5-11-19(12-6-16)34(31,32-2)28-21-15-24(35-25(21)26(29)30)18-9-7-17(8-10-18)23-14-20-22(33-23)4-3-13-27-20;1-33-35(32,22-9-8-16(26)11-17(22)27)29-19-13-23(36-24(19)25(30)31)15-6-4-14(5-7-15)21-12-18-20(34-21)3-2-10-28-18;1-32-34(31,18-10-8-17(26)9-11-18)28-20-14-23(35-24(20)25(29)30)16-6-4-15(5-7-16)22-13-19-21(33-22)3-2-12-27-19/h4-15H,1-3H3,(H,29,32)(H,30,31);3-4,7-10,13-16,19H,5-6,11-12H2,1-2H3,(H,28,31)(H,29,30);2-13H,1H3,(H,29,32)(H,30,31);2-14H,1H3,(H,28,31)(H,29,30). The number of pyridine rings is 4. The van der Waals surface area contributed by atoms with Crippen LogP contribution in [0.2, 0.25) is 15.1 Å². The number of halogens is 3. The number of carbonyl (C=O) groups is 4. The predicted molar refractivity (Wildman–Crippen MR) is 566 cm³/mol. The third-order valence-electron chi connectivity index (χ3n) is 23.3. The average molecular weight is 2110 g/mol. The number of thiophene rings is 4. The first kappa shape index (κ1) is 100. The van der Waals surface area contributed by atoms with Gasteiger partial charge in [0.1, 0.15) is 64.6 Å². The Bertz CT molecular complexity index is 7780. The van der Waals surface area contributed by atoms with Crippen molar-refractivity contribution in [1.82, 2.24) is 19.9 Å². The number of hydrogen-bond donors (Lipinski definition) is 8. The van der Waals surface area contributed by atoms with Crippen molar-refractivity contribution in [2.75, 3.05) is 48.8 Å². The maximum absolute atomic E-state index is 13.7. The number of nitrogens with one attached hydrogen (secondary N) is 4. The van der Waals surface area contributed by atoms with Crippen molar-refractivity contribution < 1.29 is 93.6 Å². The zero-order valence-electron chi connectivity index (χ0n) is 76.2. The molecular weight excluding hydrogens is 2030 g/mol. The maximum Gasteiger partial charge on any atom is 0.348 e. The summed E-state index contributed by atoms with van der Waals surface area (Å²) in [4.78, 5) is 68.2. The predicted octanol–water partition coefficient (Wildman–Crippen LogP) is 29.8. The first-order valence-electron chi connectivity index (χ1n) is 43.6. The normalized spacial score (nSPS) is 14.7. The minimum absolute atomic E-state index is 0.0141. The number of anilines is 4. The topological polar surface area (TPSA) is 407 Å². The number of carboxylic acids is 4. The van der Waals surface area contributed by atoms with Crippen molar-refractivity contribution in [2.45, 2.75) is 52.1 Å². The summed E-state index contributed by atoms with van der Waals surface area (Å²) in [7, 11) is -8.80. The molecule has 4 unspecified atom stereocenters. The lowest BCUT2D eigenvalue weighted by Crippen LogP contribution is -2.22. The van der Waals surface area contributed by atoms with Gasteiger partial charge >= 0.3 is 46.4 Å². The van der Waals surface area contributed by atoms with Gasteiger partial charge in [0.2, 0.25) is 0 Å². The molecular formula is C103H85Cl3N8O20P4S4. The lowest BCUT2D eigenvalue weighted by Gasteiger charge is -2.32. The largest absolute Gasteiger partial charge is 0.477 e. The van der Waals surface area contributed by atoms with E-state index >= 15 is 0 Å². The third kappa shape index (κ3) is 22.2. The number of hydrogen-bond acceptors (Lipinski definition) is 24. The average Bonchev–Trinajstić information content (AvgIpc) is 1.58. The van der Waals surface area contributed by atoms with Gasteiger partial charge in [0.25, 0.3) is 7.52 Å². The van der Waals surface area contributed by atoms with Crippen LogP contribution < -0.4 is 36.3 Å². The molecule has 0 spiro atoms. The van der Waals surface area contributed by atoms with Crippen molar-refractivity contribution in [3.63, 3.8) is 0 Å². The van der Waals surface area contributed by atoms with Gasteiger partial charge in [-0.3, -0.25) is 38.2 Å². The molecule has 0 saturated heterocycles. The van der Waals surface area contributed by atoms with Gasteiger partial charge in [0, 0.05) is 129 Å². The number of nitrogens with zero attached hydrogens (tertiary/aromatic N) is 4. The molecule has 722 valence electrons. The summed E-state index contributed by atoms with van der Waals surface area (Å²) >= 11 is 22.5. The molecule has 1 fully saturated rings. The summed E-state index contributed by atoms with van der Waals surface area (Å²) in [6, 6.07) is 75.7. The molecule has 39 heteroatoms. The third-order valence-corrected chi connectivity index (χ3v) is 37.8. The van der Waals surface area contributed by atoms with Crippen LogP contribution >= 0.6 is 110 Å². The monoisotopic (exact) mass is 2110 g/mol. The molecule has 20 rings (SSSR count). The highest BCUT2D eigenvalue weighted by molar-refractivity contribution is 7.69. The van der Waals surface area contributed by atoms with Gasteiger partial charge < -0.3 is 76.5 Å². The van der Waals surface area contributed by atoms with Gasteiger partial charge in [-0.25, -0.2) is 19.2 Å². The summed E-state index contributed by atoms with van der Waals surface area (Å²) in [6.07, 6.45) is 10.5. The van der Waals surface area contributed by atoms with Gasteiger partial charge in [-0.1, -0.05) is 156 Å². The van der Waals surface area contributed by atoms with E-state index in [0.717, 1.165) is 164 Å². The van der Waals surface area contributed by atoms with E-state index in [4.69, 9.17) is 70.6 Å². The number of rotatable bonds is 28. The SMILES string of the molecule is COP(=O)(Nc1cc(-c2ccc(-c3cc4ncccc4o3)cc2)sc1C(=O)O)C1CCC(C)CC1.COP(=O)(Nc1cc(-c2ccc(-c3cc4ncccc4o3)cc2)sc1C(=O)O)c1ccc(C)cc1C.COP(=O)(Nc1cc(-c2ccc(-c3cc4ncccc4o3)cc2)sc1C(=O)O)c1ccc(Cl)cc1.COP(=O)(Nc1cc(-c2ccc(-c3cc4ncccc4o3)cc2)sc1C(=O)O)c1ccc(Cl)cc1Cl. The minimum Gasteiger partial charge on any atom is -0.477 e. The summed E-state index contributed by atoms with van der Waals surface area (Å²) in [5, 5.41) is 52.9. The Balaban J connectivity index is 0.000000130. The fourth-order valence-corrected chi connectivity index (χ4v) is 27.7. The molecule has 0 amide bonds. The highest BCUT2D eigenvalue weighted by Gasteiger charge is 2.39. The summed E-state index contributed by atoms with van der Waals surface area (Å²) in [5.74, 6) is -1.07. The Hall–Kier alpha value is -13.2. The number of furan rings is 4. The number of aryl methyl sites for hydroxylation is 2. The number of aromatic nitrogens is 4. The number of fused-ring (bicyclic) bond motifs is 4. The van der Waals surface area contributed by atoms with E-state index in [2.05, 4.69) is 47.2 Å². The highest BCUT2D eigenvalue weighted by Crippen LogP contribution is 2.59. The molecule has 8 N–H and O–H groups in total. The minimum atomic E-state index is -3.75. The Morgan fingerprint density at radius 3 is 0.958 bits per heavy atom. The molecule has 0 aliphatic heterocycles. The molecule has 19 aromatic rings. The van der Waals surface area contributed by atoms with E-state index in [9.17, 15) is 57.9 Å². The number of benzene rings is 7. The van der Waals surface area contributed by atoms with E-state index < -0.39 is 54.0 Å². The van der Waals surface area contributed by atoms with Crippen LogP contribution in [0.1, 0.15) is 82.4 Å². The molecule has 4 atom stereocenters. The smallest absolute Gasteiger partial charge is 0.348 e. The van der Waals surface area contributed by atoms with Crippen molar-refractivity contribution >= 4 is 217 Å². The van der Waals surface area contributed by atoms with E-state index in [0.29, 0.717) is 81.8 Å². The second-order valence-electron chi connectivity index (χ2n) is 32.6. The van der Waals surface area contributed by atoms with Gasteiger partial charge in [-0.15, -0.1) is 45.3 Å². The quantitative estimate of drug-likeness (QED) is 0.0211. The first-order valence-corrected chi connectivity index (χ1v) is 54.6. The Kier molecular flexibility index (Phi) is 30.3. The summed E-state index contributed by atoms with van der Waals surface area (Å²) in [6.45, 7) is 6.00. The van der Waals surface area contributed by atoms with E-state index in [1.807, 2.05) is 196 Å². The summed E-state index contributed by atoms with van der Waals surface area (Å²) < 4.78 is 99.6. The Morgan fingerprint density at radius 2 is 0.655 bits per heavy atom. The molecule has 1 aliphatic rings. The van der Waals surface area contributed by atoms with Crippen molar-refractivity contribution in [1.29, 1.82) is 0 Å². The number of carboxylic acid groups (broad SMARTS) is 4. The van der Waals surface area contributed by atoms with Crippen LogP contribution in [-0.2, 0) is 36.4 Å². The van der Waals surface area contributed by atoms with Crippen LogP contribution in [0.3, 0.4) is 0 Å². The Morgan fingerprint density at radius 1 is 0.352 bits per heavy atom. The lowest BCUT2D eigenvalue weighted by molar-refractivity contribution is 0.0692. The van der Waals surface area contributed by atoms with Crippen LogP contribution in [0.15, 0.2) is 297 Å². The molecule has 1 aliphatic carbocycles. The molecule has 12 aromatic heterocycles. The maximum atomic E-state index is 13.7. The molecule has 0 radical (unpaired) electrons. The molecule has 142 heavy (non-hydrogen) atoms. The molecule has 0 bridgehead atoms. The van der Waals surface area contributed by atoms with Crippen LogP contribution in [0.25, 0.3) is 131 Å². The van der Waals surface area contributed by atoms with E-state index in [1.54, 1.807) is 79.4 Å². The van der Waals surface area contributed by atoms with Crippen molar-refractivity contribution in [3.8, 4) is 87.1 Å². The zero-order chi connectivity index (χ0) is 100. The molecule has 7 aromatic carbocycles. The molecule has 12 heterocycles. The fourth-order valence-electron chi connectivity index (χ4n) is 16.0. The van der Waals surface area contributed by atoms with Crippen LogP contribution in [0, 0.1) is 19.8 Å². The number of aromatic carboxylic acids is 4. The van der Waals surface area contributed by atoms with Gasteiger partial charge in [0.05, 0.1) is 49.3 Å². The molecule has 1 saturated carbocycles. The molecule has 28 nitrogen and oxygen atoms in total. The fraction of sp³-hybridized carbons (Fsp3) is 0.126. The second-order valence-corrected chi connectivity index (χ2v) is 47.2. The van der Waals surface area contributed by atoms with Gasteiger partial charge in [-0.2, -0.15) is 0 Å². The van der Waals surface area contributed by atoms with Crippen LogP contribution in [-0.4, -0.2) is 98.3 Å². The van der Waals surface area contributed by atoms with Crippen LogP contribution in [0.4, 0.5) is 22.7 Å². The second kappa shape index (κ2) is 42.9. The zero-order valence-corrected chi connectivity index (χ0v) is 85.3. The Labute approximate surface area is 843 Å². The highest BCUT2D eigenvalue weighted by atomic mass is 35.5. The van der Waals surface area contributed by atoms with Crippen molar-refractivity contribution in [2.24, 2.45) is 5.92 Å². The first-order chi connectivity index (χ1) is 68.3. The van der Waals surface area contributed by atoms with E-state index in [1.165, 1.54) is 46.6 Å². The van der Waals surface area contributed by atoms with Crippen molar-refractivity contribution in [3.05, 3.63) is 325 Å².